The number of pyridine rings is 1. The Morgan fingerprint density at radius 1 is 0.789 bits per heavy atom. The van der Waals surface area contributed by atoms with Gasteiger partial charge in [-0.1, -0.05) is 84.9 Å². The first-order valence-electron chi connectivity index (χ1n) is 18.8. The number of rotatable bonds is 13. The number of aliphatic carboxylic acids is 1. The van der Waals surface area contributed by atoms with Crippen LogP contribution in [0.5, 0.6) is 11.5 Å². The number of alkyl halides is 3. The van der Waals surface area contributed by atoms with Crippen molar-refractivity contribution < 1.29 is 32.5 Å². The lowest BCUT2D eigenvalue weighted by Crippen LogP contribution is -2.07. The minimum atomic E-state index is -4.61. The molecule has 57 heavy (non-hydrogen) atoms. The fourth-order valence-electron chi connectivity index (χ4n) is 7.67. The number of nitrogens with one attached hydrogen (secondary N) is 1. The number of halogens is 3. The standard InChI is InChI=1S/C48H39F3N2O4/c1-56-45-27-36(57-21-9-18-46(54)55)20-19-34(45)29-52-35-14-7-13-32(25-35)39-28-44(53-47-38(39)16-8-17-43(47)48(49,50)51)42-24-31(22-30-10-3-2-4-11-30)23-40-37-15-6-5-12-33(37)26-41(40)42/h2-8,10-17,19-20,23-25,27-28,52H,9,18,21-22,26,29H2,1H3,(H,54,55). The Kier molecular flexibility index (Phi) is 10.4. The number of nitrogens with zero attached hydrogens (tertiary/aromatic N) is 1. The summed E-state index contributed by atoms with van der Waals surface area (Å²) in [6, 6.07) is 42.0. The number of carboxylic acids is 1. The normalized spacial score (nSPS) is 11.9. The molecule has 1 aliphatic carbocycles. The first-order chi connectivity index (χ1) is 27.6. The summed E-state index contributed by atoms with van der Waals surface area (Å²) in [6.45, 7) is 0.665. The molecule has 0 unspecified atom stereocenters. The quantitative estimate of drug-likeness (QED) is 0.114. The number of anilines is 1. The van der Waals surface area contributed by atoms with Crippen molar-refractivity contribution in [2.24, 2.45) is 0 Å². The van der Waals surface area contributed by atoms with E-state index in [4.69, 9.17) is 19.6 Å². The molecule has 0 radical (unpaired) electrons. The number of hydrogen-bond donors (Lipinski definition) is 2. The fourth-order valence-corrected chi connectivity index (χ4v) is 7.67. The highest BCUT2D eigenvalue weighted by Gasteiger charge is 2.34. The number of para-hydroxylation sites is 1. The summed E-state index contributed by atoms with van der Waals surface area (Å²) >= 11 is 0. The molecule has 0 bridgehead atoms. The van der Waals surface area contributed by atoms with E-state index in [0.29, 0.717) is 53.9 Å². The minimum absolute atomic E-state index is 0.0248. The van der Waals surface area contributed by atoms with Crippen molar-refractivity contribution >= 4 is 22.6 Å². The van der Waals surface area contributed by atoms with Crippen LogP contribution in [0, 0.1) is 0 Å². The summed E-state index contributed by atoms with van der Waals surface area (Å²) in [4.78, 5) is 15.7. The van der Waals surface area contributed by atoms with Crippen LogP contribution < -0.4 is 14.8 Å². The maximum atomic E-state index is 14.7. The topological polar surface area (TPSA) is 80.7 Å². The van der Waals surface area contributed by atoms with Gasteiger partial charge in [0.05, 0.1) is 30.5 Å². The number of methoxy groups -OCH3 is 1. The summed E-state index contributed by atoms with van der Waals surface area (Å²) in [5.41, 5.74) is 10.1. The highest BCUT2D eigenvalue weighted by molar-refractivity contribution is 5.99. The highest BCUT2D eigenvalue weighted by Crippen LogP contribution is 2.45. The van der Waals surface area contributed by atoms with Gasteiger partial charge in [0.2, 0.25) is 0 Å². The van der Waals surface area contributed by atoms with Gasteiger partial charge < -0.3 is 19.9 Å². The van der Waals surface area contributed by atoms with Gasteiger partial charge in [0.25, 0.3) is 0 Å². The average Bonchev–Trinajstić information content (AvgIpc) is 3.59. The van der Waals surface area contributed by atoms with Crippen molar-refractivity contribution in [3.63, 3.8) is 0 Å². The SMILES string of the molecule is COc1cc(OCCCC(=O)O)ccc1CNc1cccc(-c2cc(-c3cc(Cc4ccccc4)cc4c3Cc3ccccc3-4)nc3c(C(F)(F)F)cccc23)c1. The van der Waals surface area contributed by atoms with Gasteiger partial charge in [0.15, 0.2) is 0 Å². The molecule has 8 rings (SSSR count). The van der Waals surface area contributed by atoms with Crippen molar-refractivity contribution in [1.29, 1.82) is 0 Å². The third-order valence-corrected chi connectivity index (χ3v) is 10.4. The Morgan fingerprint density at radius 2 is 1.58 bits per heavy atom. The van der Waals surface area contributed by atoms with Crippen molar-refractivity contribution in [2.45, 2.75) is 38.4 Å². The molecule has 0 amide bonds. The number of carbonyl (C=O) groups is 1. The maximum absolute atomic E-state index is 14.7. The lowest BCUT2D eigenvalue weighted by Gasteiger charge is -2.18. The number of benzene rings is 6. The first-order valence-corrected chi connectivity index (χ1v) is 18.8. The van der Waals surface area contributed by atoms with Crippen LogP contribution in [0.1, 0.15) is 46.2 Å². The zero-order valence-corrected chi connectivity index (χ0v) is 31.2. The van der Waals surface area contributed by atoms with Crippen LogP contribution in [0.4, 0.5) is 18.9 Å². The summed E-state index contributed by atoms with van der Waals surface area (Å²) in [5.74, 6) is 0.300. The van der Waals surface area contributed by atoms with Gasteiger partial charge in [-0.05, 0) is 106 Å². The van der Waals surface area contributed by atoms with Gasteiger partial charge in [0.1, 0.15) is 11.5 Å². The summed E-state index contributed by atoms with van der Waals surface area (Å²) < 4.78 is 55.5. The molecule has 0 atom stereocenters. The maximum Gasteiger partial charge on any atom is 0.418 e. The molecule has 0 saturated heterocycles. The molecule has 0 fully saturated rings. The highest BCUT2D eigenvalue weighted by atomic mass is 19.4. The van der Waals surface area contributed by atoms with E-state index in [2.05, 4.69) is 41.7 Å². The first kappa shape index (κ1) is 37.3. The van der Waals surface area contributed by atoms with Crippen molar-refractivity contribution in [1.82, 2.24) is 4.98 Å². The van der Waals surface area contributed by atoms with Crippen molar-refractivity contribution in [3.05, 3.63) is 167 Å². The second-order valence-corrected chi connectivity index (χ2v) is 14.2. The Hall–Kier alpha value is -6.61. The van der Waals surface area contributed by atoms with Gasteiger partial charge in [0, 0.05) is 41.2 Å². The lowest BCUT2D eigenvalue weighted by molar-refractivity contribution is -0.137. The smallest absolute Gasteiger partial charge is 0.418 e. The van der Waals surface area contributed by atoms with E-state index in [1.54, 1.807) is 19.2 Å². The van der Waals surface area contributed by atoms with Crippen LogP contribution in [0.3, 0.4) is 0 Å². The fraction of sp³-hybridized carbons (Fsp3) is 0.167. The van der Waals surface area contributed by atoms with E-state index in [9.17, 15) is 18.0 Å². The summed E-state index contributed by atoms with van der Waals surface area (Å²) in [6.07, 6.45) is -2.88. The largest absolute Gasteiger partial charge is 0.496 e. The summed E-state index contributed by atoms with van der Waals surface area (Å²) in [5, 5.41) is 12.8. The number of aromatic nitrogens is 1. The zero-order chi connectivity index (χ0) is 39.5. The van der Waals surface area contributed by atoms with Crippen LogP contribution in [0.2, 0.25) is 0 Å². The molecule has 0 spiro atoms. The lowest BCUT2D eigenvalue weighted by atomic mass is 9.91. The van der Waals surface area contributed by atoms with Gasteiger partial charge >= 0.3 is 12.1 Å². The Labute approximate surface area is 328 Å². The minimum Gasteiger partial charge on any atom is -0.496 e. The van der Waals surface area contributed by atoms with E-state index < -0.39 is 17.7 Å². The molecule has 6 nitrogen and oxygen atoms in total. The Bertz CT molecular complexity index is 2610. The molecule has 1 aliphatic rings. The molecule has 9 heteroatoms. The van der Waals surface area contributed by atoms with Crippen LogP contribution in [0.15, 0.2) is 133 Å². The van der Waals surface area contributed by atoms with E-state index >= 15 is 0 Å². The Balaban J connectivity index is 1.19. The van der Waals surface area contributed by atoms with Gasteiger partial charge in [-0.15, -0.1) is 0 Å². The van der Waals surface area contributed by atoms with E-state index in [-0.39, 0.29) is 18.5 Å². The predicted molar refractivity (Wildman–Crippen MR) is 218 cm³/mol. The molecule has 2 N–H and O–H groups in total. The van der Waals surface area contributed by atoms with Crippen LogP contribution in [0.25, 0.3) is 44.4 Å². The van der Waals surface area contributed by atoms with Gasteiger partial charge in [-0.3, -0.25) is 4.79 Å². The van der Waals surface area contributed by atoms with Crippen LogP contribution in [-0.4, -0.2) is 29.8 Å². The third kappa shape index (κ3) is 8.05. The average molecular weight is 765 g/mol. The predicted octanol–water partition coefficient (Wildman–Crippen LogP) is 11.6. The van der Waals surface area contributed by atoms with Crippen molar-refractivity contribution in [3.8, 4) is 45.0 Å². The molecule has 1 aromatic heterocycles. The molecule has 0 saturated carbocycles. The molecular weight excluding hydrogens is 726 g/mol. The number of ether oxygens (including phenoxy) is 2. The monoisotopic (exact) mass is 764 g/mol. The third-order valence-electron chi connectivity index (χ3n) is 10.4. The van der Waals surface area contributed by atoms with E-state index in [1.807, 2.05) is 72.8 Å². The number of fused-ring (bicyclic) bond motifs is 4. The number of hydrogen-bond acceptors (Lipinski definition) is 5. The van der Waals surface area contributed by atoms with Gasteiger partial charge in [-0.25, -0.2) is 4.98 Å². The second-order valence-electron chi connectivity index (χ2n) is 14.2. The molecular formula is C48H39F3N2O4. The molecule has 286 valence electrons. The molecule has 6 aromatic carbocycles. The van der Waals surface area contributed by atoms with Crippen LogP contribution in [-0.2, 0) is 30.4 Å². The second kappa shape index (κ2) is 15.9. The Morgan fingerprint density at radius 3 is 2.39 bits per heavy atom. The van der Waals surface area contributed by atoms with Gasteiger partial charge in [-0.2, -0.15) is 13.2 Å². The zero-order valence-electron chi connectivity index (χ0n) is 31.2. The number of carboxylic acid groups (broad SMARTS) is 1. The van der Waals surface area contributed by atoms with E-state index in [0.717, 1.165) is 56.3 Å². The van der Waals surface area contributed by atoms with E-state index in [1.165, 1.54) is 11.6 Å². The molecule has 7 aromatic rings. The summed E-state index contributed by atoms with van der Waals surface area (Å²) in [7, 11) is 1.57. The molecule has 0 aliphatic heterocycles. The van der Waals surface area contributed by atoms with Crippen LogP contribution >= 0.6 is 0 Å². The van der Waals surface area contributed by atoms with Crippen molar-refractivity contribution in [2.75, 3.05) is 19.0 Å². The molecule has 1 heterocycles.